The molecule has 88 valence electrons. The quantitative estimate of drug-likeness (QED) is 0.474. The van der Waals surface area contributed by atoms with Gasteiger partial charge >= 0.3 is 5.97 Å². The van der Waals surface area contributed by atoms with Crippen molar-refractivity contribution in [3.8, 4) is 0 Å². The normalized spacial score (nSPS) is 31.7. The molecule has 1 N–H and O–H groups in total. The highest BCUT2D eigenvalue weighted by Gasteiger charge is 2.33. The van der Waals surface area contributed by atoms with Gasteiger partial charge in [-0.2, -0.15) is 0 Å². The van der Waals surface area contributed by atoms with Gasteiger partial charge in [0.2, 0.25) is 0 Å². The molecule has 0 aromatic rings. The Kier molecular flexibility index (Phi) is 4.37. The molecule has 0 radical (unpaired) electrons. The second-order valence-corrected chi connectivity index (χ2v) is 6.35. The van der Waals surface area contributed by atoms with E-state index in [1.807, 2.05) is 0 Å². The number of rotatable bonds is 2. The van der Waals surface area contributed by atoms with Gasteiger partial charge in [0.05, 0.1) is 15.4 Å². The van der Waals surface area contributed by atoms with Crippen LogP contribution in [0.2, 0.25) is 0 Å². The van der Waals surface area contributed by atoms with Crippen LogP contribution in [0.5, 0.6) is 0 Å². The molecular formula is C10H17IO4. The minimum absolute atomic E-state index is 0.0842. The molecule has 1 aliphatic heterocycles. The summed E-state index contributed by atoms with van der Waals surface area (Å²) in [5, 5.41) is 9.32. The van der Waals surface area contributed by atoms with Crippen molar-refractivity contribution in [2.24, 2.45) is 5.41 Å². The summed E-state index contributed by atoms with van der Waals surface area (Å²) < 4.78 is 10.4. The van der Waals surface area contributed by atoms with E-state index in [-0.39, 0.29) is 22.6 Å². The second kappa shape index (κ2) is 4.97. The molecule has 0 aliphatic carbocycles. The summed E-state index contributed by atoms with van der Waals surface area (Å²) in [6.07, 6.45) is -0.184. The van der Waals surface area contributed by atoms with Gasteiger partial charge in [-0.1, -0.05) is 22.6 Å². The van der Waals surface area contributed by atoms with Crippen LogP contribution in [0, 0.1) is 5.41 Å². The Bertz CT molecular complexity index is 226. The van der Waals surface area contributed by atoms with Gasteiger partial charge in [0.1, 0.15) is 6.61 Å². The van der Waals surface area contributed by atoms with Crippen molar-refractivity contribution in [1.82, 2.24) is 0 Å². The Labute approximate surface area is 103 Å². The van der Waals surface area contributed by atoms with Gasteiger partial charge in [0.25, 0.3) is 0 Å². The van der Waals surface area contributed by atoms with Gasteiger partial charge in [-0.15, -0.1) is 0 Å². The van der Waals surface area contributed by atoms with E-state index in [1.54, 1.807) is 20.8 Å². The van der Waals surface area contributed by atoms with Crippen molar-refractivity contribution in [3.63, 3.8) is 0 Å². The SMILES string of the molecule is CC(C)(C)C(=O)OC[C@@H]1C[C@@H](I)[C@H](O)O1. The molecule has 0 aromatic carbocycles. The zero-order chi connectivity index (χ0) is 11.6. The molecule has 0 aromatic heterocycles. The average molecular weight is 328 g/mol. The second-order valence-electron chi connectivity index (χ2n) is 4.75. The van der Waals surface area contributed by atoms with E-state index in [1.165, 1.54) is 0 Å². The first kappa shape index (κ1) is 13.2. The molecule has 1 heterocycles. The molecular weight excluding hydrogens is 311 g/mol. The van der Waals surface area contributed by atoms with Crippen LogP contribution in [-0.2, 0) is 14.3 Å². The lowest BCUT2D eigenvalue weighted by atomic mass is 9.97. The van der Waals surface area contributed by atoms with Gasteiger partial charge in [0, 0.05) is 0 Å². The van der Waals surface area contributed by atoms with Crippen molar-refractivity contribution in [2.75, 3.05) is 6.61 Å². The van der Waals surface area contributed by atoms with Gasteiger partial charge in [-0.3, -0.25) is 4.79 Å². The number of hydrogen-bond donors (Lipinski definition) is 1. The molecule has 1 saturated heterocycles. The van der Waals surface area contributed by atoms with Crippen LogP contribution in [0.3, 0.4) is 0 Å². The van der Waals surface area contributed by atoms with E-state index < -0.39 is 11.7 Å². The smallest absolute Gasteiger partial charge is 0.311 e. The predicted molar refractivity (Wildman–Crippen MR) is 63.7 cm³/mol. The van der Waals surface area contributed by atoms with Crippen molar-refractivity contribution in [1.29, 1.82) is 0 Å². The largest absolute Gasteiger partial charge is 0.463 e. The zero-order valence-electron chi connectivity index (χ0n) is 9.20. The van der Waals surface area contributed by atoms with Crippen LogP contribution < -0.4 is 0 Å². The molecule has 0 spiro atoms. The lowest BCUT2D eigenvalue weighted by molar-refractivity contribution is -0.160. The summed E-state index contributed by atoms with van der Waals surface area (Å²) >= 11 is 2.13. The van der Waals surface area contributed by atoms with E-state index in [9.17, 15) is 9.90 Å². The van der Waals surface area contributed by atoms with E-state index in [2.05, 4.69) is 22.6 Å². The fourth-order valence-electron chi connectivity index (χ4n) is 1.20. The van der Waals surface area contributed by atoms with Crippen LogP contribution in [0.15, 0.2) is 0 Å². The Morgan fingerprint density at radius 2 is 2.20 bits per heavy atom. The molecule has 15 heavy (non-hydrogen) atoms. The van der Waals surface area contributed by atoms with Crippen molar-refractivity contribution < 1.29 is 19.4 Å². The van der Waals surface area contributed by atoms with E-state index in [0.717, 1.165) is 6.42 Å². The fourth-order valence-corrected chi connectivity index (χ4v) is 1.93. The minimum Gasteiger partial charge on any atom is -0.463 e. The molecule has 1 rings (SSSR count). The van der Waals surface area contributed by atoms with E-state index >= 15 is 0 Å². The summed E-state index contributed by atoms with van der Waals surface area (Å²) in [5.41, 5.74) is -0.485. The first-order chi connectivity index (χ1) is 6.80. The number of alkyl halides is 1. The lowest BCUT2D eigenvalue weighted by Crippen LogP contribution is -2.27. The fraction of sp³-hybridized carbons (Fsp3) is 0.900. The zero-order valence-corrected chi connectivity index (χ0v) is 11.4. The number of carbonyl (C=O) groups is 1. The highest BCUT2D eigenvalue weighted by molar-refractivity contribution is 14.1. The highest BCUT2D eigenvalue weighted by Crippen LogP contribution is 2.26. The third-order valence-corrected chi connectivity index (χ3v) is 3.27. The number of hydrogen-bond acceptors (Lipinski definition) is 4. The molecule has 0 amide bonds. The van der Waals surface area contributed by atoms with Gasteiger partial charge < -0.3 is 14.6 Å². The van der Waals surface area contributed by atoms with Gasteiger partial charge in [-0.05, 0) is 27.2 Å². The maximum absolute atomic E-state index is 11.4. The molecule has 0 bridgehead atoms. The first-order valence-electron chi connectivity index (χ1n) is 4.95. The molecule has 3 atom stereocenters. The molecule has 5 heteroatoms. The number of carbonyl (C=O) groups excluding carboxylic acids is 1. The van der Waals surface area contributed by atoms with Crippen LogP contribution in [0.1, 0.15) is 27.2 Å². The van der Waals surface area contributed by atoms with Crippen LogP contribution >= 0.6 is 22.6 Å². The lowest BCUT2D eigenvalue weighted by Gasteiger charge is -2.18. The maximum Gasteiger partial charge on any atom is 0.311 e. The van der Waals surface area contributed by atoms with Crippen molar-refractivity contribution in [3.05, 3.63) is 0 Å². The summed E-state index contributed by atoms with van der Waals surface area (Å²) in [5.74, 6) is -0.238. The van der Waals surface area contributed by atoms with E-state index in [4.69, 9.17) is 9.47 Å². The van der Waals surface area contributed by atoms with Gasteiger partial charge in [0.15, 0.2) is 6.29 Å². The highest BCUT2D eigenvalue weighted by atomic mass is 127. The molecule has 4 nitrogen and oxygen atoms in total. The summed E-state index contributed by atoms with van der Waals surface area (Å²) in [7, 11) is 0. The van der Waals surface area contributed by atoms with Crippen LogP contribution in [0.25, 0.3) is 0 Å². The monoisotopic (exact) mass is 328 g/mol. The maximum atomic E-state index is 11.4. The Morgan fingerprint density at radius 1 is 1.60 bits per heavy atom. The molecule has 0 saturated carbocycles. The summed E-state index contributed by atoms with van der Waals surface area (Å²) in [6.45, 7) is 5.65. The van der Waals surface area contributed by atoms with Crippen LogP contribution in [-0.4, -0.2) is 34.0 Å². The number of halogens is 1. The Balaban J connectivity index is 2.30. The minimum atomic E-state index is -0.732. The third-order valence-electron chi connectivity index (χ3n) is 2.14. The number of esters is 1. The van der Waals surface area contributed by atoms with Gasteiger partial charge in [-0.25, -0.2) is 0 Å². The van der Waals surface area contributed by atoms with Crippen LogP contribution in [0.4, 0.5) is 0 Å². The standard InChI is InChI=1S/C10H17IO4/c1-10(2,3)9(13)14-5-6-4-7(11)8(12)15-6/h6-8,12H,4-5H2,1-3H3/t6-,7+,8+/m0/s1. The van der Waals surface area contributed by atoms with Crippen molar-refractivity contribution in [2.45, 2.75) is 43.5 Å². The number of aliphatic hydroxyl groups excluding tert-OH is 1. The summed E-state index contributed by atoms with van der Waals surface area (Å²) in [4.78, 5) is 11.4. The summed E-state index contributed by atoms with van der Waals surface area (Å²) in [6, 6.07) is 0. The van der Waals surface area contributed by atoms with Crippen molar-refractivity contribution >= 4 is 28.6 Å². The number of aliphatic hydroxyl groups is 1. The molecule has 1 aliphatic rings. The number of ether oxygens (including phenoxy) is 2. The van der Waals surface area contributed by atoms with E-state index in [0.29, 0.717) is 0 Å². The third kappa shape index (κ3) is 3.88. The average Bonchev–Trinajstić information content (AvgIpc) is 2.41. The Morgan fingerprint density at radius 3 is 2.60 bits per heavy atom. The molecule has 0 unspecified atom stereocenters. The Hall–Kier alpha value is 0.120. The first-order valence-corrected chi connectivity index (χ1v) is 6.20. The topological polar surface area (TPSA) is 55.8 Å². The molecule has 1 fully saturated rings. The predicted octanol–water partition coefficient (Wildman–Crippen LogP) is 1.49.